The summed E-state index contributed by atoms with van der Waals surface area (Å²) in [4.78, 5) is 0. The van der Waals surface area contributed by atoms with Crippen molar-refractivity contribution in [3.63, 3.8) is 0 Å². The number of hydrogen-bond acceptors (Lipinski definition) is 4. The number of aliphatic hydroxyl groups excluding tert-OH is 1. The van der Waals surface area contributed by atoms with Gasteiger partial charge in [-0.2, -0.15) is 11.8 Å². The van der Waals surface area contributed by atoms with E-state index in [1.54, 1.807) is 0 Å². The summed E-state index contributed by atoms with van der Waals surface area (Å²) < 4.78 is 5.33. The molecule has 4 heteroatoms. The van der Waals surface area contributed by atoms with E-state index in [0.717, 1.165) is 32.5 Å². The molecule has 3 nitrogen and oxygen atoms in total. The normalized spacial score (nSPS) is 24.8. The van der Waals surface area contributed by atoms with Crippen LogP contribution in [0.2, 0.25) is 0 Å². The van der Waals surface area contributed by atoms with Crippen molar-refractivity contribution in [2.75, 3.05) is 19.8 Å². The minimum Gasteiger partial charge on any atom is -0.394 e. The summed E-state index contributed by atoms with van der Waals surface area (Å²) in [5.74, 6) is 0. The molecule has 0 aromatic heterocycles. The van der Waals surface area contributed by atoms with Crippen molar-refractivity contribution in [3.8, 4) is 0 Å². The van der Waals surface area contributed by atoms with E-state index in [2.05, 4.69) is 6.92 Å². The number of thioether (sulfide) groups is 1. The van der Waals surface area contributed by atoms with Crippen LogP contribution in [0.5, 0.6) is 0 Å². The fraction of sp³-hybridized carbons (Fsp3) is 1.00. The van der Waals surface area contributed by atoms with E-state index in [0.29, 0.717) is 10.5 Å². The average Bonchev–Trinajstić information content (AvgIpc) is 2.18. The maximum atomic E-state index is 9.09. The maximum absolute atomic E-state index is 9.09. The van der Waals surface area contributed by atoms with Crippen LogP contribution in [-0.4, -0.2) is 41.0 Å². The summed E-state index contributed by atoms with van der Waals surface area (Å²) in [5, 5.41) is 10.3. The summed E-state index contributed by atoms with van der Waals surface area (Å²) in [7, 11) is 0. The van der Waals surface area contributed by atoms with Gasteiger partial charge in [0.1, 0.15) is 0 Å². The van der Waals surface area contributed by atoms with E-state index in [1.165, 1.54) is 0 Å². The molecule has 0 aromatic carbocycles. The molecule has 0 spiro atoms. The number of aliphatic hydroxyl groups is 1. The molecule has 2 unspecified atom stereocenters. The Kier molecular flexibility index (Phi) is 5.39. The van der Waals surface area contributed by atoms with Gasteiger partial charge in [0.15, 0.2) is 0 Å². The van der Waals surface area contributed by atoms with Gasteiger partial charge in [-0.05, 0) is 26.2 Å². The van der Waals surface area contributed by atoms with Crippen LogP contribution in [0.1, 0.15) is 33.1 Å². The molecule has 3 N–H and O–H groups in total. The highest BCUT2D eigenvalue weighted by Crippen LogP contribution is 2.29. The number of nitrogens with two attached hydrogens (primary N) is 1. The van der Waals surface area contributed by atoms with Crippen molar-refractivity contribution < 1.29 is 9.84 Å². The molecule has 1 heterocycles. The smallest absolute Gasteiger partial charge is 0.0608 e. The van der Waals surface area contributed by atoms with Gasteiger partial charge in [-0.1, -0.05) is 6.92 Å². The first-order valence-corrected chi connectivity index (χ1v) is 6.61. The Morgan fingerprint density at radius 1 is 1.53 bits per heavy atom. The van der Waals surface area contributed by atoms with Gasteiger partial charge in [0.05, 0.1) is 6.61 Å². The SMILES string of the molecule is CC(CC(C)(N)CO)SC1CCOCC1. The maximum Gasteiger partial charge on any atom is 0.0608 e. The molecule has 1 aliphatic heterocycles. The highest BCUT2D eigenvalue weighted by Gasteiger charge is 2.24. The second-order valence-corrected chi connectivity index (χ2v) is 6.52. The summed E-state index contributed by atoms with van der Waals surface area (Å²) in [6.07, 6.45) is 3.16. The molecule has 0 aromatic rings. The van der Waals surface area contributed by atoms with Crippen molar-refractivity contribution in [1.29, 1.82) is 0 Å². The van der Waals surface area contributed by atoms with Crippen molar-refractivity contribution in [1.82, 2.24) is 0 Å². The molecule has 0 aliphatic carbocycles. The summed E-state index contributed by atoms with van der Waals surface area (Å²) in [6, 6.07) is 0. The molecule has 0 amide bonds. The van der Waals surface area contributed by atoms with Crippen LogP contribution in [-0.2, 0) is 4.74 Å². The number of ether oxygens (including phenoxy) is 1. The third kappa shape index (κ3) is 5.20. The molecular weight excluding hydrogens is 210 g/mol. The van der Waals surface area contributed by atoms with Gasteiger partial charge in [0.25, 0.3) is 0 Å². The standard InChI is InChI=1S/C11H23NO2S/c1-9(7-11(2,12)8-13)15-10-3-5-14-6-4-10/h9-10,13H,3-8,12H2,1-2H3. The van der Waals surface area contributed by atoms with Crippen LogP contribution in [0.15, 0.2) is 0 Å². The lowest BCUT2D eigenvalue weighted by atomic mass is 9.99. The van der Waals surface area contributed by atoms with E-state index < -0.39 is 5.54 Å². The zero-order chi connectivity index (χ0) is 11.3. The Morgan fingerprint density at radius 3 is 2.67 bits per heavy atom. The molecule has 0 radical (unpaired) electrons. The van der Waals surface area contributed by atoms with Crippen LogP contribution in [0, 0.1) is 0 Å². The lowest BCUT2D eigenvalue weighted by molar-refractivity contribution is 0.0999. The zero-order valence-electron chi connectivity index (χ0n) is 9.74. The van der Waals surface area contributed by atoms with Crippen molar-refractivity contribution in [3.05, 3.63) is 0 Å². The van der Waals surface area contributed by atoms with Gasteiger partial charge in [-0.15, -0.1) is 0 Å². The van der Waals surface area contributed by atoms with Crippen LogP contribution in [0.4, 0.5) is 0 Å². The van der Waals surface area contributed by atoms with E-state index >= 15 is 0 Å². The first-order valence-electron chi connectivity index (χ1n) is 5.66. The van der Waals surface area contributed by atoms with Gasteiger partial charge in [-0.3, -0.25) is 0 Å². The first-order chi connectivity index (χ1) is 7.03. The summed E-state index contributed by atoms with van der Waals surface area (Å²) in [5.41, 5.74) is 5.50. The lowest BCUT2D eigenvalue weighted by Gasteiger charge is -2.29. The van der Waals surface area contributed by atoms with Crippen LogP contribution >= 0.6 is 11.8 Å². The van der Waals surface area contributed by atoms with E-state index in [1.807, 2.05) is 18.7 Å². The van der Waals surface area contributed by atoms with Crippen molar-refractivity contribution in [2.24, 2.45) is 5.73 Å². The molecular formula is C11H23NO2S. The fourth-order valence-electron chi connectivity index (χ4n) is 1.91. The predicted octanol–water partition coefficient (Wildman–Crippen LogP) is 1.39. The third-order valence-corrected chi connectivity index (χ3v) is 4.20. The fourth-order valence-corrected chi connectivity index (χ4v) is 3.51. The zero-order valence-corrected chi connectivity index (χ0v) is 10.6. The molecule has 0 saturated carbocycles. The molecule has 1 fully saturated rings. The Labute approximate surface area is 96.8 Å². The molecule has 1 saturated heterocycles. The minimum absolute atomic E-state index is 0.0612. The average molecular weight is 233 g/mol. The van der Waals surface area contributed by atoms with E-state index in [9.17, 15) is 0 Å². The molecule has 1 rings (SSSR count). The lowest BCUT2D eigenvalue weighted by Crippen LogP contribution is -2.42. The Hall–Kier alpha value is 0.230. The molecule has 15 heavy (non-hydrogen) atoms. The van der Waals surface area contributed by atoms with Crippen molar-refractivity contribution in [2.45, 2.75) is 49.1 Å². The Morgan fingerprint density at radius 2 is 2.13 bits per heavy atom. The van der Waals surface area contributed by atoms with Gasteiger partial charge in [-0.25, -0.2) is 0 Å². The predicted molar refractivity (Wildman–Crippen MR) is 65.2 cm³/mol. The topological polar surface area (TPSA) is 55.5 Å². The van der Waals surface area contributed by atoms with Crippen LogP contribution in [0.3, 0.4) is 0 Å². The monoisotopic (exact) mass is 233 g/mol. The van der Waals surface area contributed by atoms with Crippen LogP contribution < -0.4 is 5.73 Å². The second-order valence-electron chi connectivity index (χ2n) is 4.77. The largest absolute Gasteiger partial charge is 0.394 e. The van der Waals surface area contributed by atoms with Gasteiger partial charge in [0.2, 0.25) is 0 Å². The number of rotatable bonds is 5. The molecule has 90 valence electrons. The summed E-state index contributed by atoms with van der Waals surface area (Å²) >= 11 is 1.99. The highest BCUT2D eigenvalue weighted by atomic mass is 32.2. The highest BCUT2D eigenvalue weighted by molar-refractivity contribution is 8.00. The summed E-state index contributed by atoms with van der Waals surface area (Å²) in [6.45, 7) is 5.95. The van der Waals surface area contributed by atoms with E-state index in [-0.39, 0.29) is 6.61 Å². The minimum atomic E-state index is -0.433. The van der Waals surface area contributed by atoms with Gasteiger partial charge >= 0.3 is 0 Å². The number of hydrogen-bond donors (Lipinski definition) is 2. The Bertz CT molecular complexity index is 181. The third-order valence-electron chi connectivity index (χ3n) is 2.71. The van der Waals surface area contributed by atoms with Gasteiger partial charge in [0, 0.05) is 29.3 Å². The molecule has 2 atom stereocenters. The van der Waals surface area contributed by atoms with E-state index in [4.69, 9.17) is 15.6 Å². The first kappa shape index (κ1) is 13.3. The molecule has 1 aliphatic rings. The van der Waals surface area contributed by atoms with Crippen LogP contribution in [0.25, 0.3) is 0 Å². The molecule has 0 bridgehead atoms. The van der Waals surface area contributed by atoms with Crippen molar-refractivity contribution >= 4 is 11.8 Å². The quantitative estimate of drug-likeness (QED) is 0.753. The second kappa shape index (κ2) is 6.09. The van der Waals surface area contributed by atoms with Gasteiger partial charge < -0.3 is 15.6 Å². The Balaban J connectivity index is 2.25.